The van der Waals surface area contributed by atoms with E-state index in [1.165, 1.54) is 0 Å². The van der Waals surface area contributed by atoms with Crippen LogP contribution in [0.1, 0.15) is 17.5 Å². The van der Waals surface area contributed by atoms with Gasteiger partial charge in [-0.05, 0) is 37.1 Å². The summed E-state index contributed by atoms with van der Waals surface area (Å²) < 4.78 is 5.32. The van der Waals surface area contributed by atoms with Crippen molar-refractivity contribution in [3.8, 4) is 5.75 Å². The molecule has 2 aromatic rings. The van der Waals surface area contributed by atoms with Crippen molar-refractivity contribution < 1.29 is 14.6 Å². The number of aryl methyl sites for hydroxylation is 2. The number of hydrogen-bond donors (Lipinski definition) is 1. The van der Waals surface area contributed by atoms with Crippen LogP contribution < -0.4 is 4.74 Å². The normalized spacial score (nSPS) is 10.6. The van der Waals surface area contributed by atoms with Gasteiger partial charge < -0.3 is 9.84 Å². The number of nitrogens with zero attached hydrogens (tertiary/aromatic N) is 1. The maximum Gasteiger partial charge on any atom is 0.303 e. The van der Waals surface area contributed by atoms with Gasteiger partial charge in [0.15, 0.2) is 0 Å². The highest BCUT2D eigenvalue weighted by Crippen LogP contribution is 2.30. The molecule has 0 spiro atoms. The molecule has 0 saturated heterocycles. The molecule has 1 heterocycles. The Bertz CT molecular complexity index is 593. The Morgan fingerprint density at radius 2 is 2.17 bits per heavy atom. The molecule has 0 radical (unpaired) electrons. The van der Waals surface area contributed by atoms with Crippen molar-refractivity contribution in [1.29, 1.82) is 0 Å². The summed E-state index contributed by atoms with van der Waals surface area (Å²) in [7, 11) is 1.59. The average Bonchev–Trinajstić information content (AvgIpc) is 2.36. The maximum atomic E-state index is 10.7. The number of fused-ring (bicyclic) bond motifs is 1. The molecule has 0 aliphatic heterocycles. The van der Waals surface area contributed by atoms with Crippen LogP contribution in [-0.4, -0.2) is 23.2 Å². The van der Waals surface area contributed by atoms with Gasteiger partial charge in [0.1, 0.15) is 5.75 Å². The molecular weight excluding hydrogens is 230 g/mol. The molecule has 4 heteroatoms. The Morgan fingerprint density at radius 3 is 2.83 bits per heavy atom. The van der Waals surface area contributed by atoms with Crippen molar-refractivity contribution in [2.75, 3.05) is 7.11 Å². The van der Waals surface area contributed by atoms with Crippen molar-refractivity contribution in [2.24, 2.45) is 0 Å². The fourth-order valence-electron chi connectivity index (χ4n) is 2.15. The zero-order chi connectivity index (χ0) is 13.1. The largest absolute Gasteiger partial charge is 0.496 e. The third kappa shape index (κ3) is 2.27. The van der Waals surface area contributed by atoms with Gasteiger partial charge in [0, 0.05) is 23.6 Å². The Hall–Kier alpha value is -2.10. The first-order chi connectivity index (χ1) is 8.63. The minimum atomic E-state index is -0.810. The molecule has 0 aliphatic carbocycles. The molecule has 1 aromatic heterocycles. The lowest BCUT2D eigenvalue weighted by molar-refractivity contribution is -0.136. The number of hydrogen-bond acceptors (Lipinski definition) is 3. The van der Waals surface area contributed by atoms with Gasteiger partial charge in [0.2, 0.25) is 0 Å². The van der Waals surface area contributed by atoms with E-state index in [-0.39, 0.29) is 6.42 Å². The summed E-state index contributed by atoms with van der Waals surface area (Å²) in [5.41, 5.74) is 2.87. The first-order valence-corrected chi connectivity index (χ1v) is 5.76. The van der Waals surface area contributed by atoms with E-state index in [1.54, 1.807) is 13.3 Å². The van der Waals surface area contributed by atoms with Gasteiger partial charge >= 0.3 is 5.97 Å². The average molecular weight is 245 g/mol. The standard InChI is InChI=1S/C14H15NO3/c1-9-7-8-15-11-4-5-12(18-2)10(14(9)11)3-6-13(16)17/h4-5,7-8H,3,6H2,1-2H3,(H,16,17). The summed E-state index contributed by atoms with van der Waals surface area (Å²) in [4.78, 5) is 15.0. The highest BCUT2D eigenvalue weighted by atomic mass is 16.5. The number of pyridine rings is 1. The molecule has 0 aliphatic rings. The predicted octanol–water partition coefficient (Wildman–Crippen LogP) is 2.57. The highest BCUT2D eigenvalue weighted by molar-refractivity contribution is 5.88. The second-order valence-corrected chi connectivity index (χ2v) is 4.16. The molecule has 0 unspecified atom stereocenters. The zero-order valence-corrected chi connectivity index (χ0v) is 10.4. The van der Waals surface area contributed by atoms with Crippen LogP contribution in [0.3, 0.4) is 0 Å². The number of aliphatic carboxylic acids is 1. The van der Waals surface area contributed by atoms with E-state index in [4.69, 9.17) is 9.84 Å². The van der Waals surface area contributed by atoms with Crippen LogP contribution in [0.4, 0.5) is 0 Å². The first-order valence-electron chi connectivity index (χ1n) is 5.76. The van der Waals surface area contributed by atoms with Crippen LogP contribution in [-0.2, 0) is 11.2 Å². The molecule has 1 aromatic carbocycles. The summed E-state index contributed by atoms with van der Waals surface area (Å²) in [5, 5.41) is 9.82. The van der Waals surface area contributed by atoms with E-state index in [9.17, 15) is 4.79 Å². The topological polar surface area (TPSA) is 59.4 Å². The van der Waals surface area contributed by atoms with E-state index in [0.29, 0.717) is 6.42 Å². The van der Waals surface area contributed by atoms with Crippen molar-refractivity contribution in [1.82, 2.24) is 4.98 Å². The fraction of sp³-hybridized carbons (Fsp3) is 0.286. The van der Waals surface area contributed by atoms with E-state index in [1.807, 2.05) is 25.1 Å². The van der Waals surface area contributed by atoms with Gasteiger partial charge in [-0.25, -0.2) is 0 Å². The Balaban J connectivity index is 2.60. The van der Waals surface area contributed by atoms with Gasteiger partial charge in [0.05, 0.1) is 12.6 Å². The lowest BCUT2D eigenvalue weighted by atomic mass is 9.99. The summed E-state index contributed by atoms with van der Waals surface area (Å²) in [6, 6.07) is 5.66. The molecule has 0 fully saturated rings. The predicted molar refractivity (Wildman–Crippen MR) is 69.0 cm³/mol. The number of benzene rings is 1. The number of carboxylic acids is 1. The third-order valence-corrected chi connectivity index (χ3v) is 2.99. The van der Waals surface area contributed by atoms with E-state index >= 15 is 0 Å². The Morgan fingerprint density at radius 1 is 1.39 bits per heavy atom. The maximum absolute atomic E-state index is 10.7. The van der Waals surface area contributed by atoms with Crippen molar-refractivity contribution in [3.05, 3.63) is 35.5 Å². The number of rotatable bonds is 4. The first kappa shape index (κ1) is 12.4. The smallest absolute Gasteiger partial charge is 0.303 e. The number of carbonyl (C=O) groups is 1. The molecule has 4 nitrogen and oxygen atoms in total. The highest BCUT2D eigenvalue weighted by Gasteiger charge is 2.12. The molecule has 18 heavy (non-hydrogen) atoms. The quantitative estimate of drug-likeness (QED) is 0.899. The van der Waals surface area contributed by atoms with Gasteiger partial charge in [-0.15, -0.1) is 0 Å². The van der Waals surface area contributed by atoms with Crippen LogP contribution >= 0.6 is 0 Å². The van der Waals surface area contributed by atoms with Gasteiger partial charge in [-0.2, -0.15) is 0 Å². The minimum Gasteiger partial charge on any atom is -0.496 e. The number of methoxy groups -OCH3 is 1. The zero-order valence-electron chi connectivity index (χ0n) is 10.4. The van der Waals surface area contributed by atoms with Crippen LogP contribution in [0.5, 0.6) is 5.75 Å². The van der Waals surface area contributed by atoms with Gasteiger partial charge in [-0.1, -0.05) is 0 Å². The van der Waals surface area contributed by atoms with Crippen molar-refractivity contribution >= 4 is 16.9 Å². The van der Waals surface area contributed by atoms with E-state index < -0.39 is 5.97 Å². The summed E-state index contributed by atoms with van der Waals surface area (Å²) in [6.07, 6.45) is 2.29. The van der Waals surface area contributed by atoms with Crippen molar-refractivity contribution in [3.63, 3.8) is 0 Å². The molecule has 0 saturated carbocycles. The van der Waals surface area contributed by atoms with Gasteiger partial charge in [-0.3, -0.25) is 9.78 Å². The monoisotopic (exact) mass is 245 g/mol. The molecule has 2 rings (SSSR count). The van der Waals surface area contributed by atoms with Gasteiger partial charge in [0.25, 0.3) is 0 Å². The Kier molecular flexibility index (Phi) is 3.46. The number of carboxylic acid groups (broad SMARTS) is 1. The molecule has 1 N–H and O–H groups in total. The van der Waals surface area contributed by atoms with Crippen LogP contribution in [0.15, 0.2) is 24.4 Å². The molecule has 0 amide bonds. The molecular formula is C14H15NO3. The number of ether oxygens (including phenoxy) is 1. The molecule has 94 valence electrons. The van der Waals surface area contributed by atoms with E-state index in [2.05, 4.69) is 4.98 Å². The third-order valence-electron chi connectivity index (χ3n) is 2.99. The second-order valence-electron chi connectivity index (χ2n) is 4.16. The molecule has 0 atom stereocenters. The molecule has 0 bridgehead atoms. The minimum absolute atomic E-state index is 0.0871. The van der Waals surface area contributed by atoms with Crippen LogP contribution in [0.2, 0.25) is 0 Å². The summed E-state index contributed by atoms with van der Waals surface area (Å²) in [6.45, 7) is 1.99. The van der Waals surface area contributed by atoms with E-state index in [0.717, 1.165) is 27.8 Å². The fourth-order valence-corrected chi connectivity index (χ4v) is 2.15. The van der Waals surface area contributed by atoms with Crippen LogP contribution in [0, 0.1) is 6.92 Å². The summed E-state index contributed by atoms with van der Waals surface area (Å²) >= 11 is 0. The van der Waals surface area contributed by atoms with Crippen LogP contribution in [0.25, 0.3) is 10.9 Å². The second kappa shape index (κ2) is 5.04. The lowest BCUT2D eigenvalue weighted by Crippen LogP contribution is -2.01. The summed E-state index contributed by atoms with van der Waals surface area (Å²) in [5.74, 6) is -0.0875. The Labute approximate surface area is 105 Å². The number of aromatic nitrogens is 1. The van der Waals surface area contributed by atoms with Crippen molar-refractivity contribution in [2.45, 2.75) is 19.8 Å². The lowest BCUT2D eigenvalue weighted by Gasteiger charge is -2.12. The SMILES string of the molecule is COc1ccc2nccc(C)c2c1CCC(=O)O.